The van der Waals surface area contributed by atoms with Gasteiger partial charge in [0.05, 0.1) is 23.2 Å². The first-order valence-electron chi connectivity index (χ1n) is 11.0. The number of nitrogens with one attached hydrogen (secondary N) is 1. The molecule has 0 aliphatic heterocycles. The van der Waals surface area contributed by atoms with Gasteiger partial charge in [0.25, 0.3) is 0 Å². The normalized spacial score (nSPS) is 13.1. The molecule has 1 amide bonds. The van der Waals surface area contributed by atoms with Crippen molar-refractivity contribution in [2.75, 3.05) is 5.32 Å². The van der Waals surface area contributed by atoms with Gasteiger partial charge in [-0.25, -0.2) is 9.18 Å². The van der Waals surface area contributed by atoms with Crippen LogP contribution < -0.4 is 10.9 Å². The van der Waals surface area contributed by atoms with Gasteiger partial charge in [0.15, 0.2) is 0 Å². The second-order valence-electron chi connectivity index (χ2n) is 8.49. The van der Waals surface area contributed by atoms with Crippen molar-refractivity contribution in [2.24, 2.45) is 0 Å². The molecule has 0 atom stereocenters. The molecule has 0 bridgehead atoms. The first-order valence-corrected chi connectivity index (χ1v) is 11.0. The smallest absolute Gasteiger partial charge is 0.418 e. The highest BCUT2D eigenvalue weighted by molar-refractivity contribution is 5.99. The topological polar surface area (TPSA) is 59.3 Å². The zero-order valence-corrected chi connectivity index (χ0v) is 18.3. The van der Waals surface area contributed by atoms with Crippen LogP contribution in [-0.2, 0) is 30.2 Å². The van der Waals surface area contributed by atoms with Gasteiger partial charge in [0.2, 0.25) is 5.91 Å². The summed E-state index contributed by atoms with van der Waals surface area (Å²) < 4.78 is 59.1. The fourth-order valence-corrected chi connectivity index (χ4v) is 4.62. The third-order valence-corrected chi connectivity index (χ3v) is 6.18. The van der Waals surface area contributed by atoms with Crippen molar-refractivity contribution in [3.05, 3.63) is 99.2 Å². The van der Waals surface area contributed by atoms with Gasteiger partial charge >= 0.3 is 11.8 Å². The molecule has 1 N–H and O–H groups in total. The summed E-state index contributed by atoms with van der Waals surface area (Å²) in [6.45, 7) is 0. The van der Waals surface area contributed by atoms with Gasteiger partial charge in [-0.3, -0.25) is 4.79 Å². The number of fused-ring (bicyclic) bond motifs is 2. The van der Waals surface area contributed by atoms with Crippen LogP contribution >= 0.6 is 0 Å². The number of carbonyl (C=O) groups excluding carboxylic acids is 1. The van der Waals surface area contributed by atoms with Gasteiger partial charge in [0.1, 0.15) is 11.4 Å². The second-order valence-corrected chi connectivity index (χ2v) is 8.49. The third-order valence-electron chi connectivity index (χ3n) is 6.18. The van der Waals surface area contributed by atoms with Crippen LogP contribution in [0.15, 0.2) is 69.9 Å². The Morgan fingerprint density at radius 1 is 0.971 bits per heavy atom. The molecule has 4 nitrogen and oxygen atoms in total. The number of carbonyl (C=O) groups is 1. The van der Waals surface area contributed by atoms with E-state index < -0.39 is 41.2 Å². The predicted molar refractivity (Wildman–Crippen MR) is 124 cm³/mol. The van der Waals surface area contributed by atoms with E-state index in [9.17, 15) is 27.2 Å². The summed E-state index contributed by atoms with van der Waals surface area (Å²) in [5.74, 6) is -1.93. The van der Waals surface area contributed by atoms with Gasteiger partial charge in [-0.1, -0.05) is 30.3 Å². The molecule has 1 heterocycles. The number of rotatable bonds is 4. The standard InChI is InChI=1S/C27H19F4NO3/c28-18-9-10-22(21(13-18)27(29,30)31)32-24(33)14-20-25(15-5-2-1-3-6-15)19-11-16-7-4-8-17(16)12-23(19)35-26(20)34/h1-3,5-6,9-13H,4,7-8,14H2,(H,32,33). The predicted octanol–water partition coefficient (Wildman–Crippen LogP) is 6.29. The molecular weight excluding hydrogens is 462 g/mol. The number of alkyl halides is 3. The molecule has 0 radical (unpaired) electrons. The van der Waals surface area contributed by atoms with Crippen LogP contribution in [0.25, 0.3) is 22.1 Å². The van der Waals surface area contributed by atoms with Crippen LogP contribution in [-0.4, -0.2) is 5.91 Å². The van der Waals surface area contributed by atoms with E-state index in [1.165, 1.54) is 0 Å². The summed E-state index contributed by atoms with van der Waals surface area (Å²) >= 11 is 0. The molecule has 8 heteroatoms. The second kappa shape index (κ2) is 8.69. The van der Waals surface area contributed by atoms with Gasteiger partial charge < -0.3 is 9.73 Å². The van der Waals surface area contributed by atoms with Crippen LogP contribution in [0.4, 0.5) is 23.2 Å². The highest BCUT2D eigenvalue weighted by atomic mass is 19.4. The van der Waals surface area contributed by atoms with Gasteiger partial charge in [0, 0.05) is 10.9 Å². The van der Waals surface area contributed by atoms with Crippen LogP contribution in [0.5, 0.6) is 0 Å². The number of benzene rings is 3. The van der Waals surface area contributed by atoms with Crippen molar-refractivity contribution in [3.8, 4) is 11.1 Å². The monoisotopic (exact) mass is 481 g/mol. The lowest BCUT2D eigenvalue weighted by atomic mass is 9.93. The molecule has 35 heavy (non-hydrogen) atoms. The fraction of sp³-hybridized carbons (Fsp3) is 0.185. The van der Waals surface area contributed by atoms with E-state index in [1.54, 1.807) is 24.3 Å². The molecule has 0 spiro atoms. The molecule has 1 aromatic heterocycles. The van der Waals surface area contributed by atoms with E-state index in [0.29, 0.717) is 28.2 Å². The van der Waals surface area contributed by atoms with E-state index in [1.807, 2.05) is 18.2 Å². The molecule has 0 saturated carbocycles. The molecule has 5 rings (SSSR count). The number of hydrogen-bond donors (Lipinski definition) is 1. The zero-order valence-electron chi connectivity index (χ0n) is 18.3. The number of hydrogen-bond acceptors (Lipinski definition) is 3. The largest absolute Gasteiger partial charge is 0.422 e. The Balaban J connectivity index is 1.60. The van der Waals surface area contributed by atoms with E-state index in [-0.39, 0.29) is 5.56 Å². The summed E-state index contributed by atoms with van der Waals surface area (Å²) in [6, 6.07) is 14.8. The average Bonchev–Trinajstić information content (AvgIpc) is 3.26. The third kappa shape index (κ3) is 4.43. The summed E-state index contributed by atoms with van der Waals surface area (Å²) in [4.78, 5) is 25.9. The van der Waals surface area contributed by atoms with Crippen molar-refractivity contribution < 1.29 is 26.8 Å². The van der Waals surface area contributed by atoms with Gasteiger partial charge in [-0.15, -0.1) is 0 Å². The van der Waals surface area contributed by atoms with Gasteiger partial charge in [-0.2, -0.15) is 13.2 Å². The molecule has 3 aromatic carbocycles. The number of anilines is 1. The highest BCUT2D eigenvalue weighted by Gasteiger charge is 2.34. The summed E-state index contributed by atoms with van der Waals surface area (Å²) in [5.41, 5.74) is 1.25. The Hall–Kier alpha value is -3.94. The fourth-order valence-electron chi connectivity index (χ4n) is 4.62. The van der Waals surface area contributed by atoms with E-state index >= 15 is 0 Å². The molecule has 1 aliphatic carbocycles. The Kier molecular flexibility index (Phi) is 5.67. The lowest BCUT2D eigenvalue weighted by Gasteiger charge is -2.15. The molecule has 0 unspecified atom stereocenters. The zero-order chi connectivity index (χ0) is 24.7. The first-order chi connectivity index (χ1) is 16.7. The molecule has 0 fully saturated rings. The SMILES string of the molecule is O=C(Cc1c(-c2ccccc2)c2cc3c(cc2oc1=O)CCC3)Nc1ccc(F)cc1C(F)(F)F. The van der Waals surface area contributed by atoms with E-state index in [2.05, 4.69) is 5.32 Å². The first kappa shape index (κ1) is 22.8. The van der Waals surface area contributed by atoms with Crippen LogP contribution in [0.3, 0.4) is 0 Å². The summed E-state index contributed by atoms with van der Waals surface area (Å²) in [7, 11) is 0. The molecule has 178 valence electrons. The molecule has 0 saturated heterocycles. The van der Waals surface area contributed by atoms with Crippen molar-refractivity contribution in [1.82, 2.24) is 0 Å². The Bertz CT molecular complexity index is 1510. The highest BCUT2D eigenvalue weighted by Crippen LogP contribution is 2.37. The molecular formula is C27H19F4NO3. The van der Waals surface area contributed by atoms with Crippen molar-refractivity contribution >= 4 is 22.6 Å². The summed E-state index contributed by atoms with van der Waals surface area (Å²) in [5, 5.41) is 2.85. The van der Waals surface area contributed by atoms with Gasteiger partial charge in [-0.05, 0) is 66.3 Å². The number of amides is 1. The average molecular weight is 481 g/mol. The minimum Gasteiger partial charge on any atom is -0.422 e. The summed E-state index contributed by atoms with van der Waals surface area (Å²) in [6.07, 6.45) is -2.63. The van der Waals surface area contributed by atoms with Crippen molar-refractivity contribution in [1.29, 1.82) is 0 Å². The lowest BCUT2D eigenvalue weighted by molar-refractivity contribution is -0.137. The minimum atomic E-state index is -4.87. The minimum absolute atomic E-state index is 0.0369. The van der Waals surface area contributed by atoms with Crippen molar-refractivity contribution in [2.45, 2.75) is 31.9 Å². The Morgan fingerprint density at radius 2 is 1.69 bits per heavy atom. The number of halogens is 4. The van der Waals surface area contributed by atoms with Crippen LogP contribution in [0.2, 0.25) is 0 Å². The van der Waals surface area contributed by atoms with Crippen LogP contribution in [0, 0.1) is 5.82 Å². The maximum absolute atomic E-state index is 13.4. The van der Waals surface area contributed by atoms with E-state index in [4.69, 9.17) is 4.42 Å². The lowest BCUT2D eigenvalue weighted by Crippen LogP contribution is -2.22. The van der Waals surface area contributed by atoms with Crippen LogP contribution in [0.1, 0.15) is 28.7 Å². The van der Waals surface area contributed by atoms with Crippen molar-refractivity contribution in [3.63, 3.8) is 0 Å². The van der Waals surface area contributed by atoms with E-state index in [0.717, 1.165) is 42.5 Å². The quantitative estimate of drug-likeness (QED) is 0.275. The molecule has 4 aromatic rings. The Morgan fingerprint density at radius 3 is 2.40 bits per heavy atom. The Labute approximate surface area is 197 Å². The maximum Gasteiger partial charge on any atom is 0.418 e. The molecule has 1 aliphatic rings. The number of aryl methyl sites for hydroxylation is 2. The maximum atomic E-state index is 13.4.